The minimum absolute atomic E-state index is 0.0149. The molecule has 1 rings (SSSR count). The van der Waals surface area contributed by atoms with E-state index in [0.29, 0.717) is 0 Å². The Balaban J connectivity index is 2.35. The fourth-order valence-electron chi connectivity index (χ4n) is 2.25. The first-order valence-electron chi connectivity index (χ1n) is 7.17. The highest BCUT2D eigenvalue weighted by Crippen LogP contribution is 2.23. The van der Waals surface area contributed by atoms with Gasteiger partial charge in [0.15, 0.2) is 0 Å². The van der Waals surface area contributed by atoms with Crippen molar-refractivity contribution in [1.82, 2.24) is 0 Å². The molecule has 0 saturated heterocycles. The summed E-state index contributed by atoms with van der Waals surface area (Å²) < 4.78 is 10.8. The molecule has 1 aromatic rings. The van der Waals surface area contributed by atoms with E-state index in [-0.39, 0.29) is 5.60 Å². The number of ether oxygens (including phenoxy) is 2. The van der Waals surface area contributed by atoms with Gasteiger partial charge in [-0.2, -0.15) is 0 Å². The summed E-state index contributed by atoms with van der Waals surface area (Å²) in [6.45, 7) is 6.43. The van der Waals surface area contributed by atoms with Gasteiger partial charge in [-0.05, 0) is 51.7 Å². The molecule has 0 aliphatic rings. The lowest BCUT2D eigenvalue weighted by atomic mass is 9.98. The first-order chi connectivity index (χ1) is 8.98. The van der Waals surface area contributed by atoms with E-state index >= 15 is 0 Å². The van der Waals surface area contributed by atoms with Crippen molar-refractivity contribution in [1.29, 1.82) is 0 Å². The second-order valence-corrected chi connectivity index (χ2v) is 5.84. The van der Waals surface area contributed by atoms with Crippen LogP contribution in [0.3, 0.4) is 0 Å². The third-order valence-corrected chi connectivity index (χ3v) is 3.71. The molecule has 2 heteroatoms. The lowest BCUT2D eigenvalue weighted by Gasteiger charge is -2.22. The molecule has 0 unspecified atom stereocenters. The van der Waals surface area contributed by atoms with Crippen molar-refractivity contribution in [3.63, 3.8) is 0 Å². The molecule has 108 valence electrons. The van der Waals surface area contributed by atoms with Crippen LogP contribution in [0.5, 0.6) is 5.75 Å². The van der Waals surface area contributed by atoms with Gasteiger partial charge >= 0.3 is 0 Å². The maximum absolute atomic E-state index is 5.43. The standard InChI is InChI=1S/C17H28O2/c1-14-10-11-16(18-4)15(13-14)9-7-6-8-12-17(2,3)19-5/h10-11,13H,6-9,12H2,1-5H3. The van der Waals surface area contributed by atoms with E-state index < -0.39 is 0 Å². The van der Waals surface area contributed by atoms with Crippen LogP contribution in [-0.4, -0.2) is 19.8 Å². The molecule has 0 aliphatic carbocycles. The largest absolute Gasteiger partial charge is 0.496 e. The molecule has 0 bridgehead atoms. The minimum Gasteiger partial charge on any atom is -0.496 e. The predicted molar refractivity (Wildman–Crippen MR) is 81.0 cm³/mol. The maximum atomic E-state index is 5.43. The maximum Gasteiger partial charge on any atom is 0.122 e. The minimum atomic E-state index is 0.0149. The van der Waals surface area contributed by atoms with E-state index in [0.717, 1.165) is 18.6 Å². The van der Waals surface area contributed by atoms with Crippen LogP contribution in [-0.2, 0) is 11.2 Å². The smallest absolute Gasteiger partial charge is 0.122 e. The third-order valence-electron chi connectivity index (χ3n) is 3.71. The van der Waals surface area contributed by atoms with Crippen molar-refractivity contribution in [2.75, 3.05) is 14.2 Å². The average molecular weight is 264 g/mol. The van der Waals surface area contributed by atoms with Gasteiger partial charge in [-0.25, -0.2) is 0 Å². The third kappa shape index (κ3) is 5.65. The number of aryl methyl sites for hydroxylation is 2. The number of hydrogen-bond donors (Lipinski definition) is 0. The van der Waals surface area contributed by atoms with Gasteiger partial charge in [0.2, 0.25) is 0 Å². The summed E-state index contributed by atoms with van der Waals surface area (Å²) in [7, 11) is 3.53. The summed E-state index contributed by atoms with van der Waals surface area (Å²) in [4.78, 5) is 0. The Bertz CT molecular complexity index is 383. The van der Waals surface area contributed by atoms with E-state index in [1.54, 1.807) is 14.2 Å². The van der Waals surface area contributed by atoms with E-state index in [1.165, 1.54) is 30.4 Å². The molecule has 0 saturated carbocycles. The zero-order valence-corrected chi connectivity index (χ0v) is 13.1. The molecule has 0 radical (unpaired) electrons. The molecule has 0 aromatic heterocycles. The summed E-state index contributed by atoms with van der Waals surface area (Å²) >= 11 is 0. The van der Waals surface area contributed by atoms with Crippen LogP contribution < -0.4 is 4.74 Å². The Hall–Kier alpha value is -1.02. The lowest BCUT2D eigenvalue weighted by molar-refractivity contribution is 0.0134. The normalized spacial score (nSPS) is 11.6. The van der Waals surface area contributed by atoms with Crippen molar-refractivity contribution in [2.45, 2.75) is 58.5 Å². The van der Waals surface area contributed by atoms with E-state index in [4.69, 9.17) is 9.47 Å². The quantitative estimate of drug-likeness (QED) is 0.642. The molecule has 0 heterocycles. The van der Waals surface area contributed by atoms with Crippen molar-refractivity contribution in [2.24, 2.45) is 0 Å². The molecular formula is C17H28O2. The van der Waals surface area contributed by atoms with Gasteiger partial charge < -0.3 is 9.47 Å². The Labute approximate surface area is 118 Å². The molecule has 1 aromatic carbocycles. The Morgan fingerprint density at radius 1 is 1.05 bits per heavy atom. The highest BCUT2D eigenvalue weighted by Gasteiger charge is 2.15. The summed E-state index contributed by atoms with van der Waals surface area (Å²) in [6.07, 6.45) is 5.88. The van der Waals surface area contributed by atoms with Crippen molar-refractivity contribution < 1.29 is 9.47 Å². The van der Waals surface area contributed by atoms with E-state index in [2.05, 4.69) is 39.0 Å². The van der Waals surface area contributed by atoms with Gasteiger partial charge in [0.1, 0.15) is 5.75 Å². The fraction of sp³-hybridized carbons (Fsp3) is 0.647. The number of rotatable bonds is 8. The highest BCUT2D eigenvalue weighted by atomic mass is 16.5. The number of hydrogen-bond acceptors (Lipinski definition) is 2. The average Bonchev–Trinajstić information content (AvgIpc) is 2.38. The second kappa shape index (κ2) is 7.54. The van der Waals surface area contributed by atoms with Crippen molar-refractivity contribution in [3.8, 4) is 5.75 Å². The van der Waals surface area contributed by atoms with Gasteiger partial charge in [-0.3, -0.25) is 0 Å². The Morgan fingerprint density at radius 2 is 1.79 bits per heavy atom. The fourth-order valence-corrected chi connectivity index (χ4v) is 2.25. The predicted octanol–water partition coefficient (Wildman–Crippen LogP) is 4.53. The molecule has 0 aliphatic heterocycles. The molecule has 0 N–H and O–H groups in total. The van der Waals surface area contributed by atoms with Crippen molar-refractivity contribution >= 4 is 0 Å². The molecule has 0 fully saturated rings. The molecule has 19 heavy (non-hydrogen) atoms. The van der Waals surface area contributed by atoms with Gasteiger partial charge in [-0.15, -0.1) is 0 Å². The molecule has 0 atom stereocenters. The first-order valence-corrected chi connectivity index (χ1v) is 7.17. The van der Waals surface area contributed by atoms with Crippen LogP contribution in [0.4, 0.5) is 0 Å². The second-order valence-electron chi connectivity index (χ2n) is 5.84. The number of unbranched alkanes of at least 4 members (excludes halogenated alkanes) is 2. The molecule has 0 spiro atoms. The van der Waals surface area contributed by atoms with Crippen LogP contribution in [0.15, 0.2) is 18.2 Å². The van der Waals surface area contributed by atoms with E-state index in [1.807, 2.05) is 0 Å². The van der Waals surface area contributed by atoms with Gasteiger partial charge in [0.05, 0.1) is 12.7 Å². The zero-order chi connectivity index (χ0) is 14.3. The van der Waals surface area contributed by atoms with Crippen LogP contribution >= 0.6 is 0 Å². The summed E-state index contributed by atoms with van der Waals surface area (Å²) in [6, 6.07) is 6.40. The monoisotopic (exact) mass is 264 g/mol. The SMILES string of the molecule is COc1ccc(C)cc1CCCCCC(C)(C)OC. The first kappa shape index (κ1) is 16.0. The van der Waals surface area contributed by atoms with Gasteiger partial charge in [0.25, 0.3) is 0 Å². The van der Waals surface area contributed by atoms with Gasteiger partial charge in [-0.1, -0.05) is 30.5 Å². The summed E-state index contributed by atoms with van der Waals surface area (Å²) in [5.41, 5.74) is 2.64. The number of methoxy groups -OCH3 is 2. The summed E-state index contributed by atoms with van der Waals surface area (Å²) in [5, 5.41) is 0. The molecule has 2 nitrogen and oxygen atoms in total. The van der Waals surface area contributed by atoms with Crippen LogP contribution in [0, 0.1) is 6.92 Å². The molecular weight excluding hydrogens is 236 g/mol. The van der Waals surface area contributed by atoms with Crippen LogP contribution in [0.1, 0.15) is 50.7 Å². The number of benzene rings is 1. The van der Waals surface area contributed by atoms with Crippen LogP contribution in [0.25, 0.3) is 0 Å². The van der Waals surface area contributed by atoms with E-state index in [9.17, 15) is 0 Å². The lowest BCUT2D eigenvalue weighted by Crippen LogP contribution is -2.21. The highest BCUT2D eigenvalue weighted by molar-refractivity contribution is 5.36. The Kier molecular flexibility index (Phi) is 6.36. The zero-order valence-electron chi connectivity index (χ0n) is 13.1. The molecule has 0 amide bonds. The van der Waals surface area contributed by atoms with Crippen molar-refractivity contribution in [3.05, 3.63) is 29.3 Å². The Morgan fingerprint density at radius 3 is 2.42 bits per heavy atom. The van der Waals surface area contributed by atoms with Crippen LogP contribution in [0.2, 0.25) is 0 Å². The summed E-state index contributed by atoms with van der Waals surface area (Å²) in [5.74, 6) is 1.02. The van der Waals surface area contributed by atoms with Gasteiger partial charge in [0, 0.05) is 7.11 Å². The topological polar surface area (TPSA) is 18.5 Å².